The second kappa shape index (κ2) is 6.14. The minimum absolute atomic E-state index is 0.0143. The summed E-state index contributed by atoms with van der Waals surface area (Å²) < 4.78 is 10.7. The largest absolute Gasteiger partial charge is 0.504 e. The number of fused-ring (bicyclic) bond motifs is 3. The van der Waals surface area contributed by atoms with Crippen molar-refractivity contribution in [3.05, 3.63) is 23.8 Å². The Morgan fingerprint density at radius 2 is 2.14 bits per heavy atom. The Labute approximate surface area is 130 Å². The number of aromatic hydroxyl groups is 1. The summed E-state index contributed by atoms with van der Waals surface area (Å²) in [4.78, 5) is 17.0. The molecule has 1 aromatic rings. The highest BCUT2D eigenvalue weighted by molar-refractivity contribution is 5.95. The predicted molar refractivity (Wildman–Crippen MR) is 81.3 cm³/mol. The number of amides is 1. The number of benzene rings is 1. The van der Waals surface area contributed by atoms with Crippen LogP contribution in [0.1, 0.15) is 10.4 Å². The fourth-order valence-corrected chi connectivity index (χ4v) is 3.32. The molecule has 0 aromatic heterocycles. The van der Waals surface area contributed by atoms with Crippen molar-refractivity contribution in [3.8, 4) is 11.5 Å². The lowest BCUT2D eigenvalue weighted by molar-refractivity contribution is 0.0483. The molecular weight excluding hydrogens is 284 g/mol. The van der Waals surface area contributed by atoms with Gasteiger partial charge in [-0.3, -0.25) is 4.79 Å². The van der Waals surface area contributed by atoms with Crippen molar-refractivity contribution in [1.82, 2.24) is 9.80 Å². The number of methoxy groups -OCH3 is 1. The Morgan fingerprint density at radius 3 is 2.86 bits per heavy atom. The van der Waals surface area contributed by atoms with Crippen LogP contribution in [0.2, 0.25) is 0 Å². The van der Waals surface area contributed by atoms with E-state index >= 15 is 0 Å². The van der Waals surface area contributed by atoms with E-state index in [4.69, 9.17) is 9.47 Å². The first-order chi connectivity index (χ1) is 10.6. The third-order valence-electron chi connectivity index (χ3n) is 4.34. The highest BCUT2D eigenvalue weighted by Crippen LogP contribution is 2.28. The quantitative estimate of drug-likeness (QED) is 0.876. The first-order valence-electron chi connectivity index (χ1n) is 7.52. The molecule has 6 nitrogen and oxygen atoms in total. The Morgan fingerprint density at radius 1 is 1.32 bits per heavy atom. The van der Waals surface area contributed by atoms with Crippen LogP contribution in [0, 0.1) is 5.92 Å². The number of carbonyl (C=O) groups excluding carboxylic acids is 1. The number of likely N-dealkylation sites (N-methyl/N-ethyl adjacent to an activating group) is 1. The number of phenolic OH excluding ortho intramolecular Hbond substituents is 1. The molecule has 2 atom stereocenters. The minimum Gasteiger partial charge on any atom is -0.504 e. The maximum atomic E-state index is 12.9. The first-order valence-corrected chi connectivity index (χ1v) is 7.52. The SMILES string of the molecule is COc1ccc(C(=O)N2C[C@H]3COC[C@@H]2CN(C)C3)cc1O. The number of carbonyl (C=O) groups is 1. The average molecular weight is 306 g/mol. The van der Waals surface area contributed by atoms with Gasteiger partial charge < -0.3 is 24.4 Å². The third-order valence-corrected chi connectivity index (χ3v) is 4.34. The zero-order chi connectivity index (χ0) is 15.7. The summed E-state index contributed by atoms with van der Waals surface area (Å²) in [7, 11) is 3.57. The molecule has 1 amide bonds. The van der Waals surface area contributed by atoms with Crippen molar-refractivity contribution < 1.29 is 19.4 Å². The van der Waals surface area contributed by atoms with Gasteiger partial charge in [-0.2, -0.15) is 0 Å². The highest BCUT2D eigenvalue weighted by Gasteiger charge is 2.35. The molecule has 0 radical (unpaired) electrons. The van der Waals surface area contributed by atoms with Gasteiger partial charge in [-0.1, -0.05) is 0 Å². The van der Waals surface area contributed by atoms with E-state index in [-0.39, 0.29) is 17.7 Å². The van der Waals surface area contributed by atoms with Gasteiger partial charge in [0.2, 0.25) is 0 Å². The molecule has 2 aliphatic rings. The molecule has 1 N–H and O–H groups in total. The number of hydrogen-bond donors (Lipinski definition) is 1. The Hall–Kier alpha value is -1.79. The molecule has 2 saturated heterocycles. The third kappa shape index (κ3) is 2.89. The Kier molecular flexibility index (Phi) is 4.22. The summed E-state index contributed by atoms with van der Waals surface area (Å²) in [5.41, 5.74) is 0.480. The van der Waals surface area contributed by atoms with Gasteiger partial charge >= 0.3 is 0 Å². The van der Waals surface area contributed by atoms with Crippen LogP contribution in [-0.4, -0.2) is 73.9 Å². The van der Waals surface area contributed by atoms with Crippen molar-refractivity contribution in [1.29, 1.82) is 0 Å². The Bertz CT molecular complexity index is 563. The molecule has 2 heterocycles. The Balaban J connectivity index is 1.86. The molecule has 0 saturated carbocycles. The maximum Gasteiger partial charge on any atom is 0.254 e. The van der Waals surface area contributed by atoms with E-state index in [1.54, 1.807) is 12.1 Å². The summed E-state index contributed by atoms with van der Waals surface area (Å²) >= 11 is 0. The molecule has 2 bridgehead atoms. The number of hydrogen-bond acceptors (Lipinski definition) is 5. The number of rotatable bonds is 2. The van der Waals surface area contributed by atoms with Crippen LogP contribution in [0.15, 0.2) is 18.2 Å². The topological polar surface area (TPSA) is 62.2 Å². The molecule has 0 aliphatic carbocycles. The molecule has 3 rings (SSSR count). The van der Waals surface area contributed by atoms with Gasteiger partial charge in [0.15, 0.2) is 11.5 Å². The molecule has 2 aliphatic heterocycles. The monoisotopic (exact) mass is 306 g/mol. The van der Waals surface area contributed by atoms with Gasteiger partial charge in [0, 0.05) is 31.1 Å². The lowest BCUT2D eigenvalue weighted by atomic mass is 10.1. The van der Waals surface area contributed by atoms with Crippen LogP contribution in [0.25, 0.3) is 0 Å². The molecule has 6 heteroatoms. The standard InChI is InChI=1S/C16H22N2O4/c1-17-6-11-7-18(13(8-17)10-22-9-11)16(20)12-3-4-15(21-2)14(19)5-12/h3-5,11,13,19H,6-10H2,1-2H3/t11-,13-/m0/s1. The average Bonchev–Trinajstić information content (AvgIpc) is 2.76. The van der Waals surface area contributed by atoms with E-state index in [9.17, 15) is 9.90 Å². The molecule has 0 spiro atoms. The summed E-state index contributed by atoms with van der Waals surface area (Å²) in [5, 5.41) is 9.89. The van der Waals surface area contributed by atoms with Crippen LogP contribution in [0.5, 0.6) is 11.5 Å². The van der Waals surface area contributed by atoms with Gasteiger partial charge in [-0.15, -0.1) is 0 Å². The maximum absolute atomic E-state index is 12.9. The number of ether oxygens (including phenoxy) is 2. The van der Waals surface area contributed by atoms with Crippen LogP contribution in [-0.2, 0) is 4.74 Å². The van der Waals surface area contributed by atoms with Crippen molar-refractivity contribution in [3.63, 3.8) is 0 Å². The van der Waals surface area contributed by atoms with Crippen LogP contribution < -0.4 is 4.74 Å². The molecular formula is C16H22N2O4. The fourth-order valence-electron chi connectivity index (χ4n) is 3.32. The van der Waals surface area contributed by atoms with Crippen molar-refractivity contribution in [2.75, 3.05) is 47.0 Å². The van der Waals surface area contributed by atoms with Crippen LogP contribution in [0.4, 0.5) is 0 Å². The lowest BCUT2D eigenvalue weighted by Crippen LogP contribution is -2.45. The predicted octanol–water partition coefficient (Wildman–Crippen LogP) is 0.803. The molecule has 22 heavy (non-hydrogen) atoms. The summed E-state index contributed by atoms with van der Waals surface area (Å²) in [5.74, 6) is 0.621. The minimum atomic E-state index is -0.0613. The lowest BCUT2D eigenvalue weighted by Gasteiger charge is -2.29. The number of nitrogens with zero attached hydrogens (tertiary/aromatic N) is 2. The van der Waals surface area contributed by atoms with E-state index in [2.05, 4.69) is 11.9 Å². The van der Waals surface area contributed by atoms with Crippen LogP contribution >= 0.6 is 0 Å². The van der Waals surface area contributed by atoms with Gasteiger partial charge in [0.1, 0.15) is 0 Å². The fraction of sp³-hybridized carbons (Fsp3) is 0.562. The second-order valence-electron chi connectivity index (χ2n) is 6.12. The number of phenols is 1. The first kappa shape index (κ1) is 15.1. The van der Waals surface area contributed by atoms with E-state index in [0.29, 0.717) is 37.0 Å². The second-order valence-corrected chi connectivity index (χ2v) is 6.12. The van der Waals surface area contributed by atoms with Gasteiger partial charge in [0.25, 0.3) is 5.91 Å². The van der Waals surface area contributed by atoms with Crippen molar-refractivity contribution >= 4 is 5.91 Å². The summed E-state index contributed by atoms with van der Waals surface area (Å²) in [6.45, 7) is 3.70. The van der Waals surface area contributed by atoms with E-state index in [1.807, 2.05) is 4.90 Å². The highest BCUT2D eigenvalue weighted by atomic mass is 16.5. The van der Waals surface area contributed by atoms with Gasteiger partial charge in [0.05, 0.1) is 26.4 Å². The molecule has 120 valence electrons. The molecule has 1 aromatic carbocycles. The zero-order valence-electron chi connectivity index (χ0n) is 13.0. The van der Waals surface area contributed by atoms with Crippen molar-refractivity contribution in [2.45, 2.75) is 6.04 Å². The summed E-state index contributed by atoms with van der Waals surface area (Å²) in [6, 6.07) is 4.84. The normalized spacial score (nSPS) is 25.6. The molecule has 2 fully saturated rings. The molecule has 0 unspecified atom stereocenters. The van der Waals surface area contributed by atoms with Crippen molar-refractivity contribution in [2.24, 2.45) is 5.92 Å². The van der Waals surface area contributed by atoms with Crippen LogP contribution in [0.3, 0.4) is 0 Å². The van der Waals surface area contributed by atoms with E-state index in [0.717, 1.165) is 13.1 Å². The van der Waals surface area contributed by atoms with Gasteiger partial charge in [-0.05, 0) is 25.2 Å². The van der Waals surface area contributed by atoms with Gasteiger partial charge in [-0.25, -0.2) is 0 Å². The van der Waals surface area contributed by atoms with E-state index < -0.39 is 0 Å². The summed E-state index contributed by atoms with van der Waals surface area (Å²) in [6.07, 6.45) is 0. The van der Waals surface area contributed by atoms with E-state index in [1.165, 1.54) is 13.2 Å². The zero-order valence-corrected chi connectivity index (χ0v) is 13.0. The smallest absolute Gasteiger partial charge is 0.254 e.